The summed E-state index contributed by atoms with van der Waals surface area (Å²) in [6.45, 7) is 9.10. The van der Waals surface area contributed by atoms with Crippen LogP contribution in [0.5, 0.6) is 0 Å². The fraction of sp³-hybridized carbons (Fsp3) is 0.333. The van der Waals surface area contributed by atoms with Crippen LogP contribution in [-0.2, 0) is 10.0 Å². The number of H-pyrrole nitrogens is 1. The number of urea groups is 1. The largest absolute Gasteiger partial charge is 0.369 e. The number of anilines is 2. The van der Waals surface area contributed by atoms with Gasteiger partial charge in [0.2, 0.25) is 0 Å². The Hall–Kier alpha value is -3.89. The van der Waals surface area contributed by atoms with Crippen LogP contribution in [0.25, 0.3) is 11.0 Å². The number of pyridine rings is 1. The molecule has 1 aliphatic heterocycles. The molecule has 0 atom stereocenters. The van der Waals surface area contributed by atoms with Crippen LogP contribution in [0.1, 0.15) is 24.0 Å². The molecule has 2 N–H and O–H groups in total. The molecule has 3 heterocycles. The van der Waals surface area contributed by atoms with Crippen molar-refractivity contribution in [3.8, 4) is 0 Å². The minimum Gasteiger partial charge on any atom is -0.369 e. The Morgan fingerprint density at radius 3 is 2.52 bits per heavy atom. The van der Waals surface area contributed by atoms with E-state index in [-0.39, 0.29) is 11.4 Å². The number of amides is 2. The zero-order valence-electron chi connectivity index (χ0n) is 23.0. The van der Waals surface area contributed by atoms with Crippen molar-refractivity contribution in [3.05, 3.63) is 84.2 Å². The first-order valence-electron chi connectivity index (χ1n) is 13.7. The molecule has 10 heteroatoms. The van der Waals surface area contributed by atoms with E-state index in [1.54, 1.807) is 36.7 Å². The summed E-state index contributed by atoms with van der Waals surface area (Å²) in [5.74, 6) is 0. The normalized spacial score (nSPS) is 14.4. The summed E-state index contributed by atoms with van der Waals surface area (Å²) >= 11 is 0. The Balaban J connectivity index is 1.20. The fourth-order valence-electron chi connectivity index (χ4n) is 5.17. The van der Waals surface area contributed by atoms with Crippen LogP contribution in [-0.4, -0.2) is 72.9 Å². The van der Waals surface area contributed by atoms with Crippen LogP contribution in [0.3, 0.4) is 0 Å². The van der Waals surface area contributed by atoms with Gasteiger partial charge in [0.25, 0.3) is 10.0 Å². The summed E-state index contributed by atoms with van der Waals surface area (Å²) < 4.78 is 28.0. The molecule has 0 saturated carbocycles. The highest BCUT2D eigenvalue weighted by atomic mass is 32.2. The number of unbranched alkanes of at least 4 members (excludes halogenated alkanes) is 1. The predicted molar refractivity (Wildman–Crippen MR) is 159 cm³/mol. The van der Waals surface area contributed by atoms with E-state index < -0.39 is 16.1 Å². The molecule has 0 bridgehead atoms. The molecule has 210 valence electrons. The molecule has 5 rings (SSSR count). The van der Waals surface area contributed by atoms with Gasteiger partial charge in [0.05, 0.1) is 10.6 Å². The SMILES string of the molecule is Cc1cccc(N2CCN(CCCCN(C(=O)Nc3c[nH]c4ncccc34)S(=O)(=O)c3ccccc3)CC2)c1C. The van der Waals surface area contributed by atoms with Gasteiger partial charge >= 0.3 is 6.03 Å². The molecule has 1 saturated heterocycles. The topological polar surface area (TPSA) is 102 Å². The molecule has 40 heavy (non-hydrogen) atoms. The van der Waals surface area contributed by atoms with Crippen LogP contribution < -0.4 is 10.2 Å². The number of fused-ring (bicyclic) bond motifs is 1. The van der Waals surface area contributed by atoms with E-state index in [1.807, 2.05) is 6.07 Å². The van der Waals surface area contributed by atoms with Gasteiger partial charge in [-0.05, 0) is 74.7 Å². The second kappa shape index (κ2) is 12.1. The van der Waals surface area contributed by atoms with Crippen LogP contribution in [0, 0.1) is 13.8 Å². The van der Waals surface area contributed by atoms with Crippen molar-refractivity contribution in [2.75, 3.05) is 49.5 Å². The van der Waals surface area contributed by atoms with Gasteiger partial charge in [0.15, 0.2) is 0 Å². The number of sulfonamides is 1. The lowest BCUT2D eigenvalue weighted by Crippen LogP contribution is -2.47. The first-order chi connectivity index (χ1) is 19.3. The van der Waals surface area contributed by atoms with E-state index in [4.69, 9.17) is 0 Å². The van der Waals surface area contributed by atoms with Crippen molar-refractivity contribution in [2.45, 2.75) is 31.6 Å². The van der Waals surface area contributed by atoms with Crippen molar-refractivity contribution >= 4 is 38.5 Å². The minimum atomic E-state index is -4.03. The second-order valence-electron chi connectivity index (χ2n) is 10.2. The third kappa shape index (κ3) is 5.97. The number of benzene rings is 2. The van der Waals surface area contributed by atoms with Gasteiger partial charge in [-0.25, -0.2) is 22.5 Å². The molecule has 2 aromatic carbocycles. The summed E-state index contributed by atoms with van der Waals surface area (Å²) in [5, 5.41) is 3.50. The number of rotatable bonds is 9. The molecular formula is C30H36N6O3S. The number of aromatic amines is 1. The third-order valence-electron chi connectivity index (χ3n) is 7.62. The van der Waals surface area contributed by atoms with E-state index in [0.29, 0.717) is 23.1 Å². The smallest absolute Gasteiger partial charge is 0.335 e. The van der Waals surface area contributed by atoms with Crippen LogP contribution in [0.4, 0.5) is 16.2 Å². The molecule has 0 aliphatic carbocycles. The Morgan fingerprint density at radius 2 is 1.75 bits per heavy atom. The number of nitrogens with one attached hydrogen (secondary N) is 2. The number of hydrogen-bond acceptors (Lipinski definition) is 6. The van der Waals surface area contributed by atoms with Gasteiger partial charge in [0, 0.05) is 56.2 Å². The first kappa shape index (κ1) is 27.7. The van der Waals surface area contributed by atoms with Gasteiger partial charge in [-0.1, -0.05) is 30.3 Å². The Morgan fingerprint density at radius 1 is 0.975 bits per heavy atom. The fourth-order valence-corrected chi connectivity index (χ4v) is 6.56. The molecule has 9 nitrogen and oxygen atoms in total. The number of aryl methyl sites for hydroxylation is 1. The first-order valence-corrected chi connectivity index (χ1v) is 15.1. The Kier molecular flexibility index (Phi) is 8.37. The monoisotopic (exact) mass is 560 g/mol. The number of aromatic nitrogens is 2. The number of carbonyl (C=O) groups is 1. The van der Waals surface area contributed by atoms with Crippen LogP contribution in [0.15, 0.2) is 78.0 Å². The molecule has 1 fully saturated rings. The van der Waals surface area contributed by atoms with E-state index >= 15 is 0 Å². The second-order valence-corrected chi connectivity index (χ2v) is 12.0. The molecule has 0 radical (unpaired) electrons. The maximum absolute atomic E-state index is 13.5. The van der Waals surface area contributed by atoms with Gasteiger partial charge in [-0.2, -0.15) is 0 Å². The average Bonchev–Trinajstić information content (AvgIpc) is 3.37. The van der Waals surface area contributed by atoms with Gasteiger partial charge in [-0.15, -0.1) is 0 Å². The highest BCUT2D eigenvalue weighted by Crippen LogP contribution is 2.25. The van der Waals surface area contributed by atoms with Crippen molar-refractivity contribution in [3.63, 3.8) is 0 Å². The number of nitrogens with zero attached hydrogens (tertiary/aromatic N) is 4. The van der Waals surface area contributed by atoms with E-state index in [9.17, 15) is 13.2 Å². The summed E-state index contributed by atoms with van der Waals surface area (Å²) in [6.07, 6.45) is 4.63. The predicted octanol–water partition coefficient (Wildman–Crippen LogP) is 5.00. The zero-order valence-corrected chi connectivity index (χ0v) is 23.8. The molecule has 2 aromatic heterocycles. The quantitative estimate of drug-likeness (QED) is 0.279. The standard InChI is InChI=1S/C30H36N6O3S/c1-23-10-8-14-28(24(23)2)35-20-18-34(19-21-35)16-6-7-17-36(40(38,39)25-11-4-3-5-12-25)30(37)33-27-22-32-29-26(27)13-9-15-31-29/h3-5,8-15,22H,6-7,16-21H2,1-2H3,(H,31,32)(H,33,37). The van der Waals surface area contributed by atoms with Crippen molar-refractivity contribution in [2.24, 2.45) is 0 Å². The van der Waals surface area contributed by atoms with Crippen LogP contribution in [0.2, 0.25) is 0 Å². The lowest BCUT2D eigenvalue weighted by molar-refractivity contribution is 0.231. The Bertz CT molecular complexity index is 1560. The lowest BCUT2D eigenvalue weighted by Gasteiger charge is -2.37. The molecule has 0 spiro atoms. The molecule has 4 aromatic rings. The minimum absolute atomic E-state index is 0.0894. The number of piperazine rings is 1. The van der Waals surface area contributed by atoms with Crippen molar-refractivity contribution in [1.29, 1.82) is 0 Å². The molecule has 0 unspecified atom stereocenters. The van der Waals surface area contributed by atoms with E-state index in [2.05, 4.69) is 57.1 Å². The Labute approximate surface area is 235 Å². The maximum Gasteiger partial charge on any atom is 0.335 e. The summed E-state index contributed by atoms with van der Waals surface area (Å²) in [4.78, 5) is 25.6. The highest BCUT2D eigenvalue weighted by Gasteiger charge is 2.29. The number of hydrogen-bond donors (Lipinski definition) is 2. The highest BCUT2D eigenvalue weighted by molar-refractivity contribution is 7.89. The number of carbonyl (C=O) groups excluding carboxylic acids is 1. The summed E-state index contributed by atoms with van der Waals surface area (Å²) in [5.41, 5.74) is 5.05. The van der Waals surface area contributed by atoms with Crippen molar-refractivity contribution < 1.29 is 13.2 Å². The average molecular weight is 561 g/mol. The molecular weight excluding hydrogens is 524 g/mol. The zero-order chi connectivity index (χ0) is 28.1. The van der Waals surface area contributed by atoms with Crippen LogP contribution >= 0.6 is 0 Å². The third-order valence-corrected chi connectivity index (χ3v) is 9.42. The maximum atomic E-state index is 13.5. The van der Waals surface area contributed by atoms with Crippen molar-refractivity contribution in [1.82, 2.24) is 19.2 Å². The van der Waals surface area contributed by atoms with Gasteiger partial charge in [0.1, 0.15) is 5.65 Å². The van der Waals surface area contributed by atoms with Gasteiger partial charge < -0.3 is 15.2 Å². The van der Waals surface area contributed by atoms with E-state index in [1.165, 1.54) is 28.9 Å². The van der Waals surface area contributed by atoms with Gasteiger partial charge in [-0.3, -0.25) is 4.90 Å². The summed E-state index contributed by atoms with van der Waals surface area (Å²) in [7, 11) is -4.03. The molecule has 1 aliphatic rings. The van der Waals surface area contributed by atoms with E-state index in [0.717, 1.165) is 43.4 Å². The lowest BCUT2D eigenvalue weighted by atomic mass is 10.1. The molecule has 2 amide bonds. The summed E-state index contributed by atoms with van der Waals surface area (Å²) in [6, 6.07) is 17.5.